The topological polar surface area (TPSA) is 56.5 Å². The molecule has 0 aliphatic heterocycles. The Morgan fingerprint density at radius 1 is 0.810 bits per heavy atom. The Hall–Kier alpha value is 0.0569. The smallest absolute Gasteiger partial charge is 0.338 e. The Morgan fingerprint density at radius 3 is 1.95 bits per heavy atom. The fraction of sp³-hybridized carbons (Fsp3) is 1.00. The minimum Gasteiger partial charge on any atom is -0.394 e. The Bertz CT molecular complexity index is 210. The van der Waals surface area contributed by atoms with E-state index < -0.39 is 8.56 Å². The number of rotatable bonds is 16. The van der Waals surface area contributed by atoms with Crippen molar-refractivity contribution in [3.05, 3.63) is 0 Å². The zero-order valence-corrected chi connectivity index (χ0v) is 15.6. The van der Waals surface area contributed by atoms with Crippen molar-refractivity contribution < 1.29 is 8.85 Å². The van der Waals surface area contributed by atoms with Gasteiger partial charge in [-0.2, -0.15) is 0 Å². The third-order valence-corrected chi connectivity index (χ3v) is 7.33. The molecule has 0 aliphatic rings. The second-order valence-electron chi connectivity index (χ2n) is 5.71. The van der Waals surface area contributed by atoms with Crippen molar-refractivity contribution in [2.24, 2.45) is 5.73 Å². The summed E-state index contributed by atoms with van der Waals surface area (Å²) < 4.78 is 12.5. The van der Waals surface area contributed by atoms with Crippen LogP contribution in [0.2, 0.25) is 12.1 Å². The molecule has 0 spiro atoms. The van der Waals surface area contributed by atoms with Crippen molar-refractivity contribution in [1.29, 1.82) is 0 Å². The van der Waals surface area contributed by atoms with Crippen molar-refractivity contribution in [1.82, 2.24) is 5.32 Å². The zero-order valence-electron chi connectivity index (χ0n) is 14.6. The van der Waals surface area contributed by atoms with E-state index >= 15 is 0 Å². The van der Waals surface area contributed by atoms with Gasteiger partial charge in [-0.1, -0.05) is 27.2 Å². The summed E-state index contributed by atoms with van der Waals surface area (Å²) in [5.74, 6) is 0. The van der Waals surface area contributed by atoms with Gasteiger partial charge in [0, 0.05) is 13.2 Å². The second-order valence-corrected chi connectivity index (χ2v) is 9.11. The van der Waals surface area contributed by atoms with E-state index in [2.05, 4.69) is 26.1 Å². The summed E-state index contributed by atoms with van der Waals surface area (Å²) in [5.41, 5.74) is 5.50. The van der Waals surface area contributed by atoms with E-state index in [0.29, 0.717) is 0 Å². The molecule has 0 unspecified atom stereocenters. The van der Waals surface area contributed by atoms with Crippen molar-refractivity contribution >= 4 is 8.56 Å². The molecule has 128 valence electrons. The maximum absolute atomic E-state index is 6.24. The molecule has 4 nitrogen and oxygen atoms in total. The largest absolute Gasteiger partial charge is 0.394 e. The molecule has 21 heavy (non-hydrogen) atoms. The average Bonchev–Trinajstić information content (AvgIpc) is 2.50. The van der Waals surface area contributed by atoms with Crippen LogP contribution in [0.15, 0.2) is 0 Å². The predicted molar refractivity (Wildman–Crippen MR) is 93.9 cm³/mol. The minimum absolute atomic E-state index is 0.796. The molecule has 5 heteroatoms. The highest BCUT2D eigenvalue weighted by molar-refractivity contribution is 6.67. The summed E-state index contributed by atoms with van der Waals surface area (Å²) >= 11 is 0. The number of hydrogen-bond donors (Lipinski definition) is 2. The highest BCUT2D eigenvalue weighted by atomic mass is 28.4. The van der Waals surface area contributed by atoms with E-state index in [0.717, 1.165) is 77.0 Å². The first-order valence-corrected chi connectivity index (χ1v) is 11.2. The van der Waals surface area contributed by atoms with Crippen LogP contribution in [-0.2, 0) is 8.85 Å². The van der Waals surface area contributed by atoms with Crippen LogP contribution in [-0.4, -0.2) is 41.4 Å². The van der Waals surface area contributed by atoms with Gasteiger partial charge in [0.25, 0.3) is 0 Å². The van der Waals surface area contributed by atoms with Gasteiger partial charge in [-0.05, 0) is 63.8 Å². The third kappa shape index (κ3) is 11.3. The van der Waals surface area contributed by atoms with E-state index in [9.17, 15) is 0 Å². The SMILES string of the molecule is CCCO[Si](CCC)(CCCNCCCCN)OCCC. The van der Waals surface area contributed by atoms with Crippen LogP contribution >= 0.6 is 0 Å². The maximum atomic E-state index is 6.24. The monoisotopic (exact) mass is 318 g/mol. The van der Waals surface area contributed by atoms with Crippen LogP contribution in [0.1, 0.15) is 59.3 Å². The van der Waals surface area contributed by atoms with Crippen molar-refractivity contribution in [3.8, 4) is 0 Å². The van der Waals surface area contributed by atoms with Crippen LogP contribution in [0.4, 0.5) is 0 Å². The summed E-state index contributed by atoms with van der Waals surface area (Å²) in [4.78, 5) is 0. The molecule has 0 bridgehead atoms. The van der Waals surface area contributed by atoms with Crippen molar-refractivity contribution in [2.45, 2.75) is 71.4 Å². The standard InChI is InChI=1S/C16H38N2O2Si/c1-4-13-19-21(15-6-3,20-14-5-2)16-9-12-18-11-8-7-10-17/h18H,4-17H2,1-3H3. The lowest BCUT2D eigenvalue weighted by Gasteiger charge is -2.30. The summed E-state index contributed by atoms with van der Waals surface area (Å²) in [6.45, 7) is 11.2. The lowest BCUT2D eigenvalue weighted by molar-refractivity contribution is 0.166. The third-order valence-electron chi connectivity index (χ3n) is 3.49. The number of hydrogen-bond acceptors (Lipinski definition) is 4. The van der Waals surface area contributed by atoms with Gasteiger partial charge >= 0.3 is 8.56 Å². The summed E-state index contributed by atoms with van der Waals surface area (Å²) in [6, 6.07) is 2.24. The molecule has 0 aromatic carbocycles. The fourth-order valence-electron chi connectivity index (χ4n) is 2.41. The van der Waals surface area contributed by atoms with Gasteiger partial charge in [-0.25, -0.2) is 0 Å². The van der Waals surface area contributed by atoms with Gasteiger partial charge in [0.15, 0.2) is 0 Å². The Morgan fingerprint density at radius 2 is 1.43 bits per heavy atom. The summed E-state index contributed by atoms with van der Waals surface area (Å²) in [6.07, 6.45) is 6.75. The van der Waals surface area contributed by atoms with Crippen LogP contribution < -0.4 is 11.1 Å². The van der Waals surface area contributed by atoms with Gasteiger partial charge in [0.2, 0.25) is 0 Å². The van der Waals surface area contributed by atoms with Crippen molar-refractivity contribution in [2.75, 3.05) is 32.8 Å². The van der Waals surface area contributed by atoms with Gasteiger partial charge < -0.3 is 19.9 Å². The second kappa shape index (κ2) is 15.0. The summed E-state index contributed by atoms with van der Waals surface area (Å²) in [5, 5.41) is 3.50. The van der Waals surface area contributed by atoms with Crippen LogP contribution in [0, 0.1) is 0 Å². The zero-order chi connectivity index (χ0) is 15.8. The van der Waals surface area contributed by atoms with Crippen molar-refractivity contribution in [3.63, 3.8) is 0 Å². The Kier molecular flexibility index (Phi) is 15.0. The quantitative estimate of drug-likeness (QED) is 0.338. The van der Waals surface area contributed by atoms with E-state index in [1.54, 1.807) is 0 Å². The van der Waals surface area contributed by atoms with E-state index in [1.807, 2.05) is 0 Å². The van der Waals surface area contributed by atoms with Crippen LogP contribution in [0.3, 0.4) is 0 Å². The Labute approximate surface area is 133 Å². The lowest BCUT2D eigenvalue weighted by atomic mass is 10.3. The molecule has 0 atom stereocenters. The molecule has 0 fully saturated rings. The molecule has 0 aliphatic carbocycles. The molecule has 0 aromatic rings. The number of nitrogens with two attached hydrogens (primary N) is 1. The molecule has 0 radical (unpaired) electrons. The molecular formula is C16H38N2O2Si. The first-order valence-electron chi connectivity index (χ1n) is 8.93. The summed E-state index contributed by atoms with van der Waals surface area (Å²) in [7, 11) is -1.97. The Balaban J connectivity index is 4.10. The molecule has 0 saturated carbocycles. The van der Waals surface area contributed by atoms with Gasteiger partial charge in [0.1, 0.15) is 0 Å². The van der Waals surface area contributed by atoms with E-state index in [-0.39, 0.29) is 0 Å². The highest BCUT2D eigenvalue weighted by Crippen LogP contribution is 2.23. The number of unbranched alkanes of at least 4 members (excludes halogenated alkanes) is 1. The molecule has 3 N–H and O–H groups in total. The van der Waals surface area contributed by atoms with Gasteiger partial charge in [0.05, 0.1) is 0 Å². The normalized spacial score (nSPS) is 12.0. The van der Waals surface area contributed by atoms with Gasteiger partial charge in [-0.3, -0.25) is 0 Å². The number of nitrogens with one attached hydrogen (secondary N) is 1. The van der Waals surface area contributed by atoms with E-state index in [1.165, 1.54) is 6.42 Å². The minimum atomic E-state index is -1.97. The van der Waals surface area contributed by atoms with Crippen LogP contribution in [0.5, 0.6) is 0 Å². The predicted octanol–water partition coefficient (Wildman–Crippen LogP) is 3.41. The molecule has 0 saturated heterocycles. The molecule has 0 rings (SSSR count). The molecule has 0 amide bonds. The lowest BCUT2D eigenvalue weighted by Crippen LogP contribution is -2.43. The highest BCUT2D eigenvalue weighted by Gasteiger charge is 2.35. The van der Waals surface area contributed by atoms with E-state index in [4.69, 9.17) is 14.6 Å². The average molecular weight is 319 g/mol. The van der Waals surface area contributed by atoms with Gasteiger partial charge in [-0.15, -0.1) is 0 Å². The fourth-order valence-corrected chi connectivity index (χ4v) is 5.95. The van der Waals surface area contributed by atoms with Crippen LogP contribution in [0.25, 0.3) is 0 Å². The maximum Gasteiger partial charge on any atom is 0.338 e. The molecule has 0 heterocycles. The first kappa shape index (κ1) is 21.1. The first-order chi connectivity index (χ1) is 10.2. The molecular weight excluding hydrogens is 280 g/mol. The molecule has 0 aromatic heterocycles.